The minimum absolute atomic E-state index is 0.102. The smallest absolute Gasteiger partial charge is 0.407 e. The highest BCUT2D eigenvalue weighted by atomic mass is 16.6. The molecular weight excluding hydrogens is 695 g/mol. The highest BCUT2D eigenvalue weighted by Crippen LogP contribution is 2.36. The number of carbonyl (C=O) groups is 2. The quantitative estimate of drug-likeness (QED) is 0.0719. The van der Waals surface area contributed by atoms with Gasteiger partial charge >= 0.3 is 6.09 Å². The largest absolute Gasteiger partial charge is 0.453 e. The van der Waals surface area contributed by atoms with Crippen LogP contribution in [-0.4, -0.2) is 81.2 Å². The Morgan fingerprint density at radius 2 is 1.69 bits per heavy atom. The second-order valence-corrected chi connectivity index (χ2v) is 15.5. The number of rotatable bonds is 14. The summed E-state index contributed by atoms with van der Waals surface area (Å²) in [4.78, 5) is 55.1. The van der Waals surface area contributed by atoms with Crippen LogP contribution in [0.4, 0.5) is 4.79 Å². The van der Waals surface area contributed by atoms with Gasteiger partial charge in [0.1, 0.15) is 17.7 Å². The first-order valence-electron chi connectivity index (χ1n) is 19.4. The molecule has 13 nitrogen and oxygen atoms in total. The van der Waals surface area contributed by atoms with Crippen LogP contribution in [0.15, 0.2) is 54.7 Å². The predicted molar refractivity (Wildman–Crippen MR) is 216 cm³/mol. The van der Waals surface area contributed by atoms with Gasteiger partial charge in [-0.05, 0) is 85.5 Å². The summed E-state index contributed by atoms with van der Waals surface area (Å²) in [5.41, 5.74) is 14.7. The number of fused-ring (bicyclic) bond motifs is 6. The topological polar surface area (TPSA) is 176 Å². The molecule has 4 heterocycles. The van der Waals surface area contributed by atoms with Crippen LogP contribution in [-0.2, 0) is 14.4 Å². The van der Waals surface area contributed by atoms with Gasteiger partial charge in [-0.15, -0.1) is 0 Å². The lowest BCUT2D eigenvalue weighted by Gasteiger charge is -2.29. The van der Waals surface area contributed by atoms with Crippen molar-refractivity contribution in [1.29, 1.82) is 0 Å². The van der Waals surface area contributed by atoms with E-state index in [-0.39, 0.29) is 29.8 Å². The molecule has 290 valence electrons. The number of hydroxylamine groups is 1. The molecule has 0 aliphatic carbocycles. The summed E-state index contributed by atoms with van der Waals surface area (Å²) in [5.74, 6) is 2.09. The first-order valence-corrected chi connectivity index (χ1v) is 19.4. The van der Waals surface area contributed by atoms with E-state index in [1.165, 1.54) is 7.11 Å². The van der Waals surface area contributed by atoms with Gasteiger partial charge in [0.05, 0.1) is 48.0 Å². The van der Waals surface area contributed by atoms with Gasteiger partial charge in [0, 0.05) is 41.0 Å². The van der Waals surface area contributed by atoms with Gasteiger partial charge < -0.3 is 35.5 Å². The molecule has 2 amide bonds. The Morgan fingerprint density at radius 3 is 2.40 bits per heavy atom. The number of amides is 2. The second-order valence-electron chi connectivity index (χ2n) is 15.5. The number of carbonyl (C=O) groups excluding carboxylic acids is 2. The van der Waals surface area contributed by atoms with E-state index in [1.54, 1.807) is 7.11 Å². The Bertz CT molecular complexity index is 2320. The van der Waals surface area contributed by atoms with E-state index in [2.05, 4.69) is 77.1 Å². The molecule has 4 atom stereocenters. The summed E-state index contributed by atoms with van der Waals surface area (Å²) in [6.07, 6.45) is 5.71. The number of likely N-dealkylation sites (tertiary alicyclic amines) is 1. The summed E-state index contributed by atoms with van der Waals surface area (Å²) in [5, 5.41) is 6.93. The van der Waals surface area contributed by atoms with Crippen molar-refractivity contribution in [2.75, 3.05) is 27.3 Å². The molecule has 1 unspecified atom stereocenters. The number of nitrogens with two attached hydrogens (primary N) is 1. The molecule has 7 rings (SSSR count). The van der Waals surface area contributed by atoms with Crippen molar-refractivity contribution in [2.24, 2.45) is 17.6 Å². The molecule has 1 aliphatic rings. The molecular formula is C42H53N9O4. The normalized spacial score (nSPS) is 16.5. The second kappa shape index (κ2) is 16.3. The number of alkyl carbamates (subject to hydrolysis) is 1. The number of aromatic amines is 2. The molecule has 1 aliphatic heterocycles. The molecule has 3 aromatic heterocycles. The van der Waals surface area contributed by atoms with Gasteiger partial charge in [-0.3, -0.25) is 9.78 Å². The van der Waals surface area contributed by atoms with Gasteiger partial charge in [0.15, 0.2) is 0 Å². The third-order valence-corrected chi connectivity index (χ3v) is 11.2. The van der Waals surface area contributed by atoms with Gasteiger partial charge in [-0.2, -0.15) is 5.48 Å². The number of imidazole rings is 2. The molecule has 0 bridgehead atoms. The summed E-state index contributed by atoms with van der Waals surface area (Å²) >= 11 is 0. The van der Waals surface area contributed by atoms with Crippen molar-refractivity contribution in [3.05, 3.63) is 66.4 Å². The monoisotopic (exact) mass is 747 g/mol. The maximum atomic E-state index is 13.7. The van der Waals surface area contributed by atoms with Crippen LogP contribution in [0.1, 0.15) is 83.4 Å². The van der Waals surface area contributed by atoms with Gasteiger partial charge in [-0.25, -0.2) is 14.8 Å². The van der Waals surface area contributed by atoms with Crippen molar-refractivity contribution >= 4 is 55.6 Å². The lowest BCUT2D eigenvalue weighted by molar-refractivity contribution is -0.135. The third kappa shape index (κ3) is 7.73. The molecule has 0 saturated carbocycles. The van der Waals surface area contributed by atoms with Crippen molar-refractivity contribution in [3.8, 4) is 11.3 Å². The number of pyridine rings is 1. The fourth-order valence-corrected chi connectivity index (χ4v) is 8.05. The Morgan fingerprint density at radius 1 is 0.945 bits per heavy atom. The fraction of sp³-hybridized carbons (Fsp3) is 0.452. The number of benzene rings is 3. The van der Waals surface area contributed by atoms with Crippen LogP contribution in [0.25, 0.3) is 54.9 Å². The number of methoxy groups -OCH3 is 1. The van der Waals surface area contributed by atoms with E-state index in [1.807, 2.05) is 31.0 Å². The van der Waals surface area contributed by atoms with Crippen molar-refractivity contribution in [1.82, 2.24) is 40.6 Å². The molecule has 3 aromatic carbocycles. The third-order valence-electron chi connectivity index (χ3n) is 11.2. The molecule has 6 aromatic rings. The molecule has 0 spiro atoms. The van der Waals surface area contributed by atoms with Crippen LogP contribution >= 0.6 is 0 Å². The number of H-pyrrole nitrogens is 2. The highest BCUT2D eigenvalue weighted by molar-refractivity contribution is 6.07. The minimum Gasteiger partial charge on any atom is -0.453 e. The average Bonchev–Trinajstić information content (AvgIpc) is 3.96. The molecule has 13 heteroatoms. The van der Waals surface area contributed by atoms with Crippen molar-refractivity contribution < 1.29 is 19.2 Å². The number of ether oxygens (including phenoxy) is 1. The molecule has 1 saturated heterocycles. The fourth-order valence-electron chi connectivity index (χ4n) is 8.05. The van der Waals surface area contributed by atoms with Gasteiger partial charge in [-0.1, -0.05) is 52.0 Å². The van der Waals surface area contributed by atoms with E-state index in [0.717, 1.165) is 98.6 Å². The van der Waals surface area contributed by atoms with Crippen LogP contribution < -0.4 is 16.5 Å². The van der Waals surface area contributed by atoms with Crippen LogP contribution in [0, 0.1) is 11.8 Å². The Balaban J connectivity index is 1.16. The Hall–Kier alpha value is -5.11. The van der Waals surface area contributed by atoms with Crippen LogP contribution in [0.2, 0.25) is 0 Å². The van der Waals surface area contributed by atoms with E-state index < -0.39 is 12.1 Å². The Labute approximate surface area is 321 Å². The summed E-state index contributed by atoms with van der Waals surface area (Å²) in [6.45, 7) is 9.46. The number of nitrogens with one attached hydrogen (secondary N) is 4. The number of aromatic nitrogens is 5. The first-order chi connectivity index (χ1) is 26.6. The maximum Gasteiger partial charge on any atom is 0.407 e. The van der Waals surface area contributed by atoms with Gasteiger partial charge in [0.25, 0.3) is 0 Å². The Kier molecular flexibility index (Phi) is 11.3. The zero-order valence-corrected chi connectivity index (χ0v) is 32.6. The zero-order chi connectivity index (χ0) is 38.8. The molecule has 0 radical (unpaired) electrons. The van der Waals surface area contributed by atoms with Crippen LogP contribution in [0.5, 0.6) is 0 Å². The van der Waals surface area contributed by atoms with Gasteiger partial charge in [0.2, 0.25) is 5.91 Å². The van der Waals surface area contributed by atoms with E-state index >= 15 is 0 Å². The summed E-state index contributed by atoms with van der Waals surface area (Å²) in [6, 6.07) is 16.1. The SMILES string of the molecule is CON[C@H](CC(CCCN)c1nc2ccc3cc(-c4ccc5c(ccc6nc([C@@H]7CCCN7C(=O)[C@@H](NC(=O)OC)C(C)C)[nH]c65)c4)ncc3c2[nH]1)C(C)C. The molecule has 55 heavy (non-hydrogen) atoms. The van der Waals surface area contributed by atoms with E-state index in [9.17, 15) is 9.59 Å². The highest BCUT2D eigenvalue weighted by Gasteiger charge is 2.37. The number of nitrogens with zero attached hydrogens (tertiary/aromatic N) is 4. The number of hydrogen-bond donors (Lipinski definition) is 5. The van der Waals surface area contributed by atoms with Crippen molar-refractivity contribution in [2.45, 2.75) is 83.8 Å². The van der Waals surface area contributed by atoms with E-state index in [0.29, 0.717) is 19.0 Å². The standard InChI is InChI=1S/C42H53N9O4/c1-23(2)33(50-55-6)21-28(9-7-17-43)39-45-32-16-13-26-20-34(44-22-30(26)38(32)47-39)27-11-14-29-25(19-27)12-15-31-37(29)48-40(46-31)35-10-8-18-51(35)41(52)36(24(3)4)49-42(53)54-5/h11-16,19-20,22-24,28,33,35-36,50H,7-10,17-18,21,43H2,1-6H3,(H,45,47)(H,46,48)(H,49,53)/t28?,33-,35+,36+/m1/s1. The first kappa shape index (κ1) is 38.2. The summed E-state index contributed by atoms with van der Waals surface area (Å²) < 4.78 is 4.79. The maximum absolute atomic E-state index is 13.7. The summed E-state index contributed by atoms with van der Waals surface area (Å²) in [7, 11) is 2.97. The van der Waals surface area contributed by atoms with Crippen LogP contribution in [0.3, 0.4) is 0 Å². The zero-order valence-electron chi connectivity index (χ0n) is 32.6. The minimum atomic E-state index is -0.686. The average molecular weight is 748 g/mol. The predicted octanol–water partition coefficient (Wildman–Crippen LogP) is 7.24. The molecule has 1 fully saturated rings. The molecule has 6 N–H and O–H groups in total. The van der Waals surface area contributed by atoms with Crippen molar-refractivity contribution in [3.63, 3.8) is 0 Å². The van der Waals surface area contributed by atoms with E-state index in [4.69, 9.17) is 30.3 Å². The number of hydrogen-bond acceptors (Lipinski definition) is 9. The lowest BCUT2D eigenvalue weighted by Crippen LogP contribution is -2.51. The lowest BCUT2D eigenvalue weighted by atomic mass is 9.89.